The van der Waals surface area contributed by atoms with Crippen LogP contribution in [0.25, 0.3) is 10.8 Å². The van der Waals surface area contributed by atoms with Gasteiger partial charge in [-0.2, -0.15) is 8.42 Å². The van der Waals surface area contributed by atoms with Crippen molar-refractivity contribution in [1.82, 2.24) is 0 Å². The summed E-state index contributed by atoms with van der Waals surface area (Å²) in [6.45, 7) is 0. The fourth-order valence-corrected chi connectivity index (χ4v) is 2.37. The van der Waals surface area contributed by atoms with Crippen molar-refractivity contribution in [2.24, 2.45) is 0 Å². The molecule has 0 saturated carbocycles. The number of hydrogen-bond acceptors (Lipinski definition) is 2. The van der Waals surface area contributed by atoms with E-state index in [9.17, 15) is 13.5 Å². The van der Waals surface area contributed by atoms with Crippen LogP contribution in [0.4, 0.5) is 0 Å². The van der Waals surface area contributed by atoms with Gasteiger partial charge < -0.3 is 0 Å². The van der Waals surface area contributed by atoms with Crippen molar-refractivity contribution in [3.63, 3.8) is 0 Å². The van der Waals surface area contributed by atoms with E-state index in [0.29, 0.717) is 0 Å². The average Bonchev–Trinajstić information content (AvgIpc) is 2.21. The first-order valence-electron chi connectivity index (χ1n) is 4.27. The maximum atomic E-state index is 11.6. The third-order valence-electron chi connectivity index (χ3n) is 2.20. The zero-order chi connectivity index (χ0) is 11.9. The second kappa shape index (κ2) is 3.62. The number of fused-ring (bicyclic) bond motifs is 1. The Kier molecular flexibility index (Phi) is 2.53. The van der Waals surface area contributed by atoms with E-state index in [1.807, 2.05) is 0 Å². The Balaban J connectivity index is 2.96. The molecule has 83 valence electrons. The second-order valence-corrected chi connectivity index (χ2v) is 5.00. The molecule has 2 aromatic rings. The molecule has 0 aliphatic carbocycles. The minimum absolute atomic E-state index is 0.0139. The number of rotatable bonds is 1. The molecule has 0 spiro atoms. The van der Waals surface area contributed by atoms with E-state index in [0.717, 1.165) is 0 Å². The predicted molar refractivity (Wildman–Crippen MR) is 58.9 cm³/mol. The van der Waals surface area contributed by atoms with Gasteiger partial charge in [0.25, 0.3) is 10.1 Å². The topological polar surface area (TPSA) is 74.3 Å². The Labute approximate surface area is 96.8 Å². The summed E-state index contributed by atoms with van der Waals surface area (Å²) >= 11 is 5.63. The van der Waals surface area contributed by atoms with Gasteiger partial charge >= 0.3 is 0 Å². The van der Waals surface area contributed by atoms with Crippen molar-refractivity contribution in [3.05, 3.63) is 35.4 Å². The van der Waals surface area contributed by atoms with Crippen molar-refractivity contribution in [2.75, 3.05) is 0 Å². The highest BCUT2D eigenvalue weighted by atomic mass is 35.5. The van der Waals surface area contributed by atoms with Crippen molar-refractivity contribution in [1.29, 1.82) is 0 Å². The normalized spacial score (nSPS) is 11.9. The first kappa shape index (κ1) is 11.2. The van der Waals surface area contributed by atoms with Gasteiger partial charge in [-0.15, -0.1) is 0 Å². The maximum absolute atomic E-state index is 11.6. The molecule has 2 aromatic carbocycles. The summed E-state index contributed by atoms with van der Waals surface area (Å²) in [5.41, 5.74) is 0. The molecule has 16 heavy (non-hydrogen) atoms. The lowest BCUT2D eigenvalue weighted by Crippen LogP contribution is -1.98. The predicted octanol–water partition coefficient (Wildman–Crippen LogP) is 2.88. The molecule has 0 heterocycles. The number of benzene rings is 2. The molecule has 2 rings (SSSR count). The standard InChI is InChI=1S/C10H6ClO4S/c11-8-5-4-6-7(10(8)12)2-1-3-9(6)16(13,14)15/h1-5H,(H,13,14,15). The summed E-state index contributed by atoms with van der Waals surface area (Å²) in [7, 11) is -4.34. The largest absolute Gasteiger partial charge is 0.295 e. The first-order valence-corrected chi connectivity index (χ1v) is 6.09. The third-order valence-corrected chi connectivity index (χ3v) is 3.41. The van der Waals surface area contributed by atoms with E-state index in [2.05, 4.69) is 0 Å². The van der Waals surface area contributed by atoms with E-state index < -0.39 is 15.9 Å². The Morgan fingerprint density at radius 2 is 1.75 bits per heavy atom. The number of hydrogen-bond donors (Lipinski definition) is 1. The van der Waals surface area contributed by atoms with Crippen LogP contribution in [0.2, 0.25) is 5.02 Å². The van der Waals surface area contributed by atoms with E-state index in [-0.39, 0.29) is 20.7 Å². The fraction of sp³-hybridized carbons (Fsp3) is 0. The highest BCUT2D eigenvalue weighted by Gasteiger charge is 2.16. The molecule has 0 atom stereocenters. The van der Waals surface area contributed by atoms with Gasteiger partial charge in [0.05, 0.1) is 5.02 Å². The molecule has 6 heteroatoms. The molecule has 0 fully saturated rings. The Morgan fingerprint density at radius 3 is 2.38 bits per heavy atom. The Hall–Kier alpha value is -1.30. The monoisotopic (exact) mass is 257 g/mol. The van der Waals surface area contributed by atoms with Crippen molar-refractivity contribution in [2.45, 2.75) is 4.90 Å². The van der Waals surface area contributed by atoms with Crippen LogP contribution < -0.4 is 0 Å². The lowest BCUT2D eigenvalue weighted by atomic mass is 10.1. The molecule has 0 bridgehead atoms. The van der Waals surface area contributed by atoms with Gasteiger partial charge in [-0.05, 0) is 12.1 Å². The lowest BCUT2D eigenvalue weighted by Gasteiger charge is -2.04. The summed E-state index contributed by atoms with van der Waals surface area (Å²) < 4.78 is 31.1. The molecule has 0 saturated heterocycles. The quantitative estimate of drug-likeness (QED) is 0.798. The van der Waals surface area contributed by atoms with Crippen LogP contribution in [0.5, 0.6) is 5.75 Å². The van der Waals surface area contributed by atoms with Crippen LogP contribution in [0.1, 0.15) is 0 Å². The SMILES string of the molecule is [O]c1c(Cl)ccc2c(S(=O)(=O)O)cccc12. The molecule has 0 aliphatic heterocycles. The Bertz CT molecular complexity index is 664. The van der Waals surface area contributed by atoms with Gasteiger partial charge in [-0.1, -0.05) is 29.8 Å². The van der Waals surface area contributed by atoms with Gasteiger partial charge in [0.2, 0.25) is 5.75 Å². The molecule has 0 unspecified atom stereocenters. The molecular weight excluding hydrogens is 252 g/mol. The third kappa shape index (κ3) is 1.73. The summed E-state index contributed by atoms with van der Waals surface area (Å²) in [5, 5.41) is 11.9. The minimum atomic E-state index is -4.34. The van der Waals surface area contributed by atoms with E-state index in [1.54, 1.807) is 0 Å². The van der Waals surface area contributed by atoms with Crippen LogP contribution in [0, 0.1) is 0 Å². The molecule has 0 amide bonds. The van der Waals surface area contributed by atoms with Crippen LogP contribution >= 0.6 is 11.6 Å². The van der Waals surface area contributed by atoms with Gasteiger partial charge in [0.15, 0.2) is 0 Å². The van der Waals surface area contributed by atoms with Crippen LogP contribution in [0.3, 0.4) is 0 Å². The smallest absolute Gasteiger partial charge is 0.288 e. The van der Waals surface area contributed by atoms with Crippen LogP contribution in [-0.2, 0) is 15.2 Å². The number of halogens is 1. The zero-order valence-corrected chi connectivity index (χ0v) is 9.42. The van der Waals surface area contributed by atoms with Crippen LogP contribution in [-0.4, -0.2) is 13.0 Å². The molecule has 0 aromatic heterocycles. The summed E-state index contributed by atoms with van der Waals surface area (Å²) in [6.07, 6.45) is 0. The Morgan fingerprint density at radius 1 is 1.06 bits per heavy atom. The van der Waals surface area contributed by atoms with Gasteiger partial charge in [-0.3, -0.25) is 9.66 Å². The molecule has 0 aliphatic rings. The highest BCUT2D eigenvalue weighted by molar-refractivity contribution is 7.86. The van der Waals surface area contributed by atoms with Gasteiger partial charge in [0.1, 0.15) is 4.90 Å². The van der Waals surface area contributed by atoms with Gasteiger partial charge in [0, 0.05) is 10.8 Å². The van der Waals surface area contributed by atoms with Crippen molar-refractivity contribution in [3.8, 4) is 5.75 Å². The molecular formula is C10H6ClO4S. The van der Waals surface area contributed by atoms with Crippen molar-refractivity contribution >= 4 is 32.5 Å². The second-order valence-electron chi connectivity index (χ2n) is 3.20. The first-order chi connectivity index (χ1) is 7.41. The maximum Gasteiger partial charge on any atom is 0.295 e. The van der Waals surface area contributed by atoms with Crippen molar-refractivity contribution < 1.29 is 18.1 Å². The summed E-state index contributed by atoms with van der Waals surface area (Å²) in [5.74, 6) is -0.454. The lowest BCUT2D eigenvalue weighted by molar-refractivity contribution is 0.360. The van der Waals surface area contributed by atoms with Gasteiger partial charge in [-0.25, -0.2) is 0 Å². The van der Waals surface area contributed by atoms with E-state index in [4.69, 9.17) is 16.2 Å². The minimum Gasteiger partial charge on any atom is -0.288 e. The van der Waals surface area contributed by atoms with E-state index in [1.165, 1.54) is 30.3 Å². The van der Waals surface area contributed by atoms with E-state index >= 15 is 0 Å². The molecule has 1 radical (unpaired) electrons. The highest BCUT2D eigenvalue weighted by Crippen LogP contribution is 2.35. The summed E-state index contributed by atoms with van der Waals surface area (Å²) in [4.78, 5) is -0.293. The summed E-state index contributed by atoms with van der Waals surface area (Å²) in [6, 6.07) is 6.76. The zero-order valence-electron chi connectivity index (χ0n) is 7.84. The molecule has 4 nitrogen and oxygen atoms in total. The average molecular weight is 258 g/mol. The van der Waals surface area contributed by atoms with Crippen LogP contribution in [0.15, 0.2) is 35.2 Å². The fourth-order valence-electron chi connectivity index (χ4n) is 1.50. The molecule has 1 N–H and O–H groups in total.